The maximum Gasteiger partial charge on any atom is -0.0467 e. The van der Waals surface area contributed by atoms with Crippen molar-refractivity contribution < 1.29 is 0 Å². The summed E-state index contributed by atoms with van der Waals surface area (Å²) < 4.78 is 0. The number of allylic oxidation sites excluding steroid dienone is 4. The van der Waals surface area contributed by atoms with Crippen molar-refractivity contribution in [1.82, 2.24) is 0 Å². The maximum absolute atomic E-state index is 3.46. The minimum Gasteiger partial charge on any atom is -0.106 e. The van der Waals surface area contributed by atoms with E-state index in [1.54, 1.807) is 12.2 Å². The lowest BCUT2D eigenvalue weighted by atomic mass is 10.5. The molecule has 0 heteroatoms. The molecule has 0 heterocycles. The topological polar surface area (TPSA) is 0 Å². The highest BCUT2D eigenvalue weighted by atomic mass is 13.5. The summed E-state index contributed by atoms with van der Waals surface area (Å²) in [5, 5.41) is 0. The molecule has 0 nitrogen and oxygen atoms in total. The normalized spacial score (nSPS) is 6.20. The third-order valence-electron chi connectivity index (χ3n) is 0.329. The van der Waals surface area contributed by atoms with Gasteiger partial charge in [-0.25, -0.2) is 0 Å². The highest BCUT2D eigenvalue weighted by Crippen LogP contribution is 1.64. The van der Waals surface area contributed by atoms with Crippen LogP contribution in [0.25, 0.3) is 0 Å². The second-order valence-electron chi connectivity index (χ2n) is 1.17. The lowest BCUT2D eigenvalue weighted by Crippen LogP contribution is -1.33. The Labute approximate surface area is 65.3 Å². The largest absolute Gasteiger partial charge is 0.106 e. The van der Waals surface area contributed by atoms with Crippen LogP contribution < -0.4 is 0 Å². The molecule has 0 aromatic heterocycles. The molecule has 0 saturated heterocycles. The second kappa shape index (κ2) is 44.0. The fourth-order valence-electron chi connectivity index (χ4n) is 0.136. The minimum absolute atomic E-state index is 1.75. The van der Waals surface area contributed by atoms with E-state index in [9.17, 15) is 0 Å². The van der Waals surface area contributed by atoms with Crippen molar-refractivity contribution in [3.8, 4) is 0 Å². The van der Waals surface area contributed by atoms with Gasteiger partial charge in [-0.05, 0) is 13.8 Å². The van der Waals surface area contributed by atoms with Gasteiger partial charge in [0.15, 0.2) is 0 Å². The standard InChI is InChI=1S/C5H8.C3H6.C2H4/c1-3-5-4-2;1-3-2;1-2/h3-5H,1H2,2H3;3H,1H2,2H3;1-2H2. The Morgan fingerprint density at radius 3 is 1.30 bits per heavy atom. The van der Waals surface area contributed by atoms with Gasteiger partial charge in [0, 0.05) is 0 Å². The Morgan fingerprint density at radius 1 is 1.00 bits per heavy atom. The van der Waals surface area contributed by atoms with E-state index in [2.05, 4.69) is 26.3 Å². The number of hydrogen-bond donors (Lipinski definition) is 0. The van der Waals surface area contributed by atoms with Gasteiger partial charge in [-0.1, -0.05) is 30.9 Å². The van der Waals surface area contributed by atoms with E-state index in [0.717, 1.165) is 0 Å². The molecule has 0 rings (SSSR count). The van der Waals surface area contributed by atoms with Crippen LogP contribution in [0.2, 0.25) is 0 Å². The van der Waals surface area contributed by atoms with Crippen LogP contribution in [0.15, 0.2) is 50.6 Å². The van der Waals surface area contributed by atoms with Crippen LogP contribution >= 0.6 is 0 Å². The highest BCUT2D eigenvalue weighted by Gasteiger charge is 1.42. The van der Waals surface area contributed by atoms with Crippen LogP contribution in [0.4, 0.5) is 0 Å². The molecule has 0 radical (unpaired) electrons. The van der Waals surface area contributed by atoms with Gasteiger partial charge in [0.2, 0.25) is 0 Å². The molecule has 0 fully saturated rings. The summed E-state index contributed by atoms with van der Waals surface area (Å²) in [7, 11) is 0. The number of hydrogen-bond acceptors (Lipinski definition) is 0. The van der Waals surface area contributed by atoms with E-state index in [1.165, 1.54) is 0 Å². The Hall–Kier alpha value is -1.04. The SMILES string of the molecule is C=C.C=CC.C=CC=CC. The summed E-state index contributed by atoms with van der Waals surface area (Å²) in [6, 6.07) is 0. The van der Waals surface area contributed by atoms with Crippen LogP contribution in [0.5, 0.6) is 0 Å². The quantitative estimate of drug-likeness (QED) is 0.382. The third-order valence-corrected chi connectivity index (χ3v) is 0.329. The zero-order chi connectivity index (χ0) is 8.83. The van der Waals surface area contributed by atoms with Gasteiger partial charge in [0.1, 0.15) is 0 Å². The van der Waals surface area contributed by atoms with Crippen molar-refractivity contribution in [2.75, 3.05) is 0 Å². The molecule has 0 spiro atoms. The molecule has 0 amide bonds. The first-order valence-corrected chi connectivity index (χ1v) is 3.14. The van der Waals surface area contributed by atoms with Gasteiger partial charge in [-0.3, -0.25) is 0 Å². The fourth-order valence-corrected chi connectivity index (χ4v) is 0.136. The Kier molecular flexibility index (Phi) is 70.3. The summed E-state index contributed by atoms with van der Waals surface area (Å²) in [6.45, 7) is 16.7. The third kappa shape index (κ3) is 268. The lowest BCUT2D eigenvalue weighted by molar-refractivity contribution is 1.74. The second-order valence-corrected chi connectivity index (χ2v) is 1.17. The molecule has 0 aromatic carbocycles. The van der Waals surface area contributed by atoms with Crippen molar-refractivity contribution in [1.29, 1.82) is 0 Å². The highest BCUT2D eigenvalue weighted by molar-refractivity contribution is 4.94. The summed E-state index contributed by atoms with van der Waals surface area (Å²) in [6.07, 6.45) is 7.33. The summed E-state index contributed by atoms with van der Waals surface area (Å²) in [5.41, 5.74) is 0. The molecule has 0 aliphatic rings. The Morgan fingerprint density at radius 2 is 1.30 bits per heavy atom. The van der Waals surface area contributed by atoms with Crippen molar-refractivity contribution in [3.63, 3.8) is 0 Å². The maximum atomic E-state index is 3.46. The lowest BCUT2D eigenvalue weighted by Gasteiger charge is -1.56. The zero-order valence-electron chi connectivity index (χ0n) is 7.14. The van der Waals surface area contributed by atoms with E-state index in [4.69, 9.17) is 0 Å². The van der Waals surface area contributed by atoms with E-state index in [0.29, 0.717) is 0 Å². The van der Waals surface area contributed by atoms with E-state index in [1.807, 2.05) is 26.0 Å². The molecule has 0 bridgehead atoms. The fraction of sp³-hybridized carbons (Fsp3) is 0.200. The van der Waals surface area contributed by atoms with Gasteiger partial charge >= 0.3 is 0 Å². The summed E-state index contributed by atoms with van der Waals surface area (Å²) >= 11 is 0. The van der Waals surface area contributed by atoms with E-state index >= 15 is 0 Å². The molecule has 0 N–H and O–H groups in total. The zero-order valence-corrected chi connectivity index (χ0v) is 7.14. The molecule has 0 atom stereocenters. The summed E-state index contributed by atoms with van der Waals surface area (Å²) in [4.78, 5) is 0. The number of rotatable bonds is 1. The van der Waals surface area contributed by atoms with Crippen LogP contribution in [-0.2, 0) is 0 Å². The van der Waals surface area contributed by atoms with Crippen LogP contribution in [0.3, 0.4) is 0 Å². The van der Waals surface area contributed by atoms with Crippen molar-refractivity contribution in [2.24, 2.45) is 0 Å². The Bertz CT molecular complexity index is 78.0. The summed E-state index contributed by atoms with van der Waals surface area (Å²) in [5.74, 6) is 0. The predicted molar refractivity (Wildman–Crippen MR) is 52.1 cm³/mol. The molecular weight excluding hydrogens is 120 g/mol. The molecule has 0 saturated carbocycles. The monoisotopic (exact) mass is 138 g/mol. The smallest absolute Gasteiger partial charge is 0.0467 e. The average Bonchev–Trinajstić information content (AvgIpc) is 1.96. The molecule has 58 valence electrons. The van der Waals surface area contributed by atoms with Crippen molar-refractivity contribution >= 4 is 0 Å². The molecule has 10 heavy (non-hydrogen) atoms. The molecule has 0 aromatic rings. The Balaban J connectivity index is -0.0000000847. The first-order chi connectivity index (χ1) is 4.83. The van der Waals surface area contributed by atoms with Gasteiger partial charge in [0.25, 0.3) is 0 Å². The molecular formula is C10H18. The first-order valence-electron chi connectivity index (χ1n) is 3.14. The van der Waals surface area contributed by atoms with E-state index < -0.39 is 0 Å². The van der Waals surface area contributed by atoms with E-state index in [-0.39, 0.29) is 0 Å². The van der Waals surface area contributed by atoms with Crippen molar-refractivity contribution in [3.05, 3.63) is 50.6 Å². The molecule has 0 aliphatic carbocycles. The van der Waals surface area contributed by atoms with Crippen molar-refractivity contribution in [2.45, 2.75) is 13.8 Å². The van der Waals surface area contributed by atoms with Crippen LogP contribution in [0, 0.1) is 0 Å². The van der Waals surface area contributed by atoms with Gasteiger partial charge in [0.05, 0.1) is 0 Å². The minimum atomic E-state index is 1.75. The molecule has 0 aliphatic heterocycles. The van der Waals surface area contributed by atoms with Crippen LogP contribution in [0.1, 0.15) is 13.8 Å². The van der Waals surface area contributed by atoms with Gasteiger partial charge < -0.3 is 0 Å². The first kappa shape index (κ1) is 16.0. The predicted octanol–water partition coefficient (Wildman–Crippen LogP) is 3.74. The van der Waals surface area contributed by atoms with Gasteiger partial charge in [-0.2, -0.15) is 0 Å². The van der Waals surface area contributed by atoms with Crippen LogP contribution in [-0.4, -0.2) is 0 Å². The van der Waals surface area contributed by atoms with Gasteiger partial charge in [-0.15, -0.1) is 19.7 Å². The molecule has 0 unspecified atom stereocenters. The average molecular weight is 138 g/mol.